The summed E-state index contributed by atoms with van der Waals surface area (Å²) < 4.78 is 14.2. The fourth-order valence-electron chi connectivity index (χ4n) is 5.44. The first-order chi connectivity index (χ1) is 15.4. The van der Waals surface area contributed by atoms with Crippen molar-refractivity contribution in [1.82, 2.24) is 9.88 Å². The van der Waals surface area contributed by atoms with Crippen molar-refractivity contribution in [1.29, 1.82) is 0 Å². The summed E-state index contributed by atoms with van der Waals surface area (Å²) in [5.74, 6) is -0.493. The molecule has 2 saturated carbocycles. The number of halogens is 1. The van der Waals surface area contributed by atoms with Crippen LogP contribution in [0.3, 0.4) is 0 Å². The minimum absolute atomic E-state index is 0.0611. The Bertz CT molecular complexity index is 1290. The highest BCUT2D eigenvalue weighted by atomic mass is 19.1. The predicted molar refractivity (Wildman–Crippen MR) is 118 cm³/mol. The van der Waals surface area contributed by atoms with E-state index >= 15 is 0 Å². The lowest BCUT2D eigenvalue weighted by atomic mass is 9.62. The van der Waals surface area contributed by atoms with Gasteiger partial charge in [0.05, 0.1) is 17.2 Å². The summed E-state index contributed by atoms with van der Waals surface area (Å²) in [6.45, 7) is 8.76. The molecule has 32 heavy (non-hydrogen) atoms. The summed E-state index contributed by atoms with van der Waals surface area (Å²) in [6.07, 6.45) is 4.57. The average Bonchev–Trinajstić information content (AvgIpc) is 3.55. The number of aromatic nitrogens is 1. The first-order valence-electron chi connectivity index (χ1n) is 11.0. The van der Waals surface area contributed by atoms with E-state index in [2.05, 4.69) is 9.83 Å². The standard InChI is InChI=1S/C26H22FN3O2/c1-28-26(8-9-26)17-4-2-16(3-5-17)23-20-10-18(27)6-7-22(20)29-13-21(23)24(32)30-14-25(15-30)11-19(31)12-25/h2-7,10,13,19,31H,8-9,11-12,14-15H2. The van der Waals surface area contributed by atoms with E-state index in [-0.39, 0.29) is 23.2 Å². The Morgan fingerprint density at radius 3 is 2.50 bits per heavy atom. The predicted octanol–water partition coefficient (Wildman–Crippen LogP) is 4.55. The molecule has 1 amide bonds. The zero-order valence-electron chi connectivity index (χ0n) is 17.5. The van der Waals surface area contributed by atoms with Crippen LogP contribution in [0.25, 0.3) is 26.9 Å². The summed E-state index contributed by atoms with van der Waals surface area (Å²) in [7, 11) is 0. The minimum Gasteiger partial charge on any atom is -0.393 e. The number of amides is 1. The van der Waals surface area contributed by atoms with Crippen LogP contribution in [0.15, 0.2) is 48.7 Å². The molecular formula is C26H22FN3O2. The molecule has 1 saturated heterocycles. The number of aliphatic hydroxyl groups is 1. The van der Waals surface area contributed by atoms with E-state index in [9.17, 15) is 14.3 Å². The van der Waals surface area contributed by atoms with Gasteiger partial charge >= 0.3 is 0 Å². The van der Waals surface area contributed by atoms with E-state index in [1.807, 2.05) is 24.3 Å². The van der Waals surface area contributed by atoms with E-state index in [1.54, 1.807) is 17.2 Å². The molecule has 2 heterocycles. The lowest BCUT2D eigenvalue weighted by Crippen LogP contribution is -2.65. The van der Waals surface area contributed by atoms with Crippen LogP contribution < -0.4 is 0 Å². The number of nitrogens with zero attached hydrogens (tertiary/aromatic N) is 3. The molecule has 0 unspecified atom stereocenters. The molecule has 1 aliphatic heterocycles. The second-order valence-corrected chi connectivity index (χ2v) is 9.65. The average molecular weight is 427 g/mol. The molecule has 6 heteroatoms. The summed E-state index contributed by atoms with van der Waals surface area (Å²) in [6, 6.07) is 12.2. The van der Waals surface area contributed by atoms with Crippen LogP contribution in [0.2, 0.25) is 0 Å². The van der Waals surface area contributed by atoms with Crippen molar-refractivity contribution in [3.05, 3.63) is 77.0 Å². The molecule has 6 rings (SSSR count). The molecule has 1 aromatic heterocycles. The van der Waals surface area contributed by atoms with Crippen LogP contribution in [0.1, 0.15) is 41.6 Å². The number of benzene rings is 2. The minimum atomic E-state index is -0.400. The van der Waals surface area contributed by atoms with Gasteiger partial charge in [-0.25, -0.2) is 11.0 Å². The highest BCUT2D eigenvalue weighted by Crippen LogP contribution is 2.50. The second kappa shape index (κ2) is 6.60. The van der Waals surface area contributed by atoms with Crippen LogP contribution >= 0.6 is 0 Å². The Morgan fingerprint density at radius 2 is 1.88 bits per heavy atom. The molecule has 3 fully saturated rings. The third-order valence-corrected chi connectivity index (χ3v) is 7.39. The summed E-state index contributed by atoms with van der Waals surface area (Å²) in [5.41, 5.74) is 3.22. The number of aliphatic hydroxyl groups excluding tert-OH is 1. The quantitative estimate of drug-likeness (QED) is 0.624. The fraction of sp³-hybridized carbons (Fsp3) is 0.346. The molecule has 0 atom stereocenters. The van der Waals surface area contributed by atoms with Gasteiger partial charge in [0.2, 0.25) is 0 Å². The van der Waals surface area contributed by atoms with Gasteiger partial charge in [0.15, 0.2) is 0 Å². The number of likely N-dealkylation sites (tertiary alicyclic amines) is 1. The Morgan fingerprint density at radius 1 is 1.16 bits per heavy atom. The molecule has 3 aliphatic rings. The Balaban J connectivity index is 1.42. The van der Waals surface area contributed by atoms with E-state index < -0.39 is 5.54 Å². The topological polar surface area (TPSA) is 57.8 Å². The van der Waals surface area contributed by atoms with Crippen molar-refractivity contribution in [2.24, 2.45) is 5.41 Å². The normalized spacial score (nSPS) is 20.5. The van der Waals surface area contributed by atoms with E-state index in [4.69, 9.17) is 6.57 Å². The maximum absolute atomic E-state index is 14.2. The first kappa shape index (κ1) is 19.4. The number of fused-ring (bicyclic) bond motifs is 1. The number of carbonyl (C=O) groups excluding carboxylic acids is 1. The molecule has 5 nitrogen and oxygen atoms in total. The van der Waals surface area contributed by atoms with Crippen LogP contribution in [-0.2, 0) is 5.54 Å². The number of carbonyl (C=O) groups is 1. The van der Waals surface area contributed by atoms with E-state index in [1.165, 1.54) is 12.1 Å². The lowest BCUT2D eigenvalue weighted by molar-refractivity contribution is -0.113. The highest BCUT2D eigenvalue weighted by molar-refractivity contribution is 6.09. The van der Waals surface area contributed by atoms with Crippen molar-refractivity contribution >= 4 is 16.8 Å². The number of hydrogen-bond acceptors (Lipinski definition) is 3. The molecule has 2 aliphatic carbocycles. The van der Waals surface area contributed by atoms with Gasteiger partial charge in [-0.15, -0.1) is 0 Å². The van der Waals surface area contributed by atoms with Crippen molar-refractivity contribution in [3.8, 4) is 11.1 Å². The fourth-order valence-corrected chi connectivity index (χ4v) is 5.44. The number of hydrogen-bond donors (Lipinski definition) is 1. The van der Waals surface area contributed by atoms with Gasteiger partial charge in [-0.1, -0.05) is 24.3 Å². The van der Waals surface area contributed by atoms with Gasteiger partial charge in [-0.3, -0.25) is 9.78 Å². The van der Waals surface area contributed by atoms with Gasteiger partial charge in [-0.05, 0) is 36.6 Å². The van der Waals surface area contributed by atoms with Gasteiger partial charge in [0, 0.05) is 54.1 Å². The van der Waals surface area contributed by atoms with Crippen LogP contribution in [0.5, 0.6) is 0 Å². The molecular weight excluding hydrogens is 405 g/mol. The number of pyridine rings is 1. The smallest absolute Gasteiger partial charge is 0.258 e. The summed E-state index contributed by atoms with van der Waals surface area (Å²) >= 11 is 0. The van der Waals surface area contributed by atoms with Crippen molar-refractivity contribution in [2.45, 2.75) is 37.3 Å². The SMILES string of the molecule is [C-]#[N+]C1(c2ccc(-c3c(C(=O)N4CC5(CC(O)C5)C4)cnc4ccc(F)cc34)cc2)CC1. The van der Waals surface area contributed by atoms with Crippen LogP contribution in [0.4, 0.5) is 4.39 Å². The molecule has 0 bridgehead atoms. The van der Waals surface area contributed by atoms with E-state index in [0.717, 1.165) is 36.8 Å². The maximum Gasteiger partial charge on any atom is 0.258 e. The number of rotatable bonds is 3. The molecule has 160 valence electrons. The van der Waals surface area contributed by atoms with Gasteiger partial charge in [0.1, 0.15) is 5.82 Å². The monoisotopic (exact) mass is 427 g/mol. The molecule has 2 aromatic carbocycles. The molecule has 3 aromatic rings. The summed E-state index contributed by atoms with van der Waals surface area (Å²) in [4.78, 5) is 23.5. The Labute approximate surface area is 185 Å². The van der Waals surface area contributed by atoms with Gasteiger partial charge < -0.3 is 14.9 Å². The largest absolute Gasteiger partial charge is 0.393 e. The van der Waals surface area contributed by atoms with Crippen molar-refractivity contribution in [3.63, 3.8) is 0 Å². The molecule has 1 spiro atoms. The first-order valence-corrected chi connectivity index (χ1v) is 11.0. The van der Waals surface area contributed by atoms with Crippen molar-refractivity contribution < 1.29 is 14.3 Å². The van der Waals surface area contributed by atoms with Crippen LogP contribution in [0, 0.1) is 17.8 Å². The Hall–Kier alpha value is -3.30. The summed E-state index contributed by atoms with van der Waals surface area (Å²) in [5, 5.41) is 10.3. The zero-order chi connectivity index (χ0) is 22.1. The van der Waals surface area contributed by atoms with E-state index in [0.29, 0.717) is 35.1 Å². The van der Waals surface area contributed by atoms with Crippen molar-refractivity contribution in [2.75, 3.05) is 13.1 Å². The third kappa shape index (κ3) is 2.85. The second-order valence-electron chi connectivity index (χ2n) is 9.65. The Kier molecular flexibility index (Phi) is 4.00. The maximum atomic E-state index is 14.2. The lowest BCUT2D eigenvalue weighted by Gasteiger charge is -2.57. The third-order valence-electron chi connectivity index (χ3n) is 7.39. The molecule has 0 radical (unpaired) electrons. The van der Waals surface area contributed by atoms with Gasteiger partial charge in [-0.2, -0.15) is 0 Å². The highest BCUT2D eigenvalue weighted by Gasteiger charge is 2.54. The zero-order valence-corrected chi connectivity index (χ0v) is 17.5. The van der Waals surface area contributed by atoms with Gasteiger partial charge in [0.25, 0.3) is 11.4 Å². The van der Waals surface area contributed by atoms with Crippen LogP contribution in [-0.4, -0.2) is 40.1 Å². The molecule has 1 N–H and O–H groups in total.